The van der Waals surface area contributed by atoms with Crippen LogP contribution in [0.4, 0.5) is 0 Å². The summed E-state index contributed by atoms with van der Waals surface area (Å²) in [6, 6.07) is 74.7. The molecule has 3 heterocycles. The highest BCUT2D eigenvalue weighted by Gasteiger charge is 2.46. The Morgan fingerprint density at radius 1 is 0.455 bits per heavy atom. The van der Waals surface area contributed by atoms with Crippen molar-refractivity contribution in [2.24, 2.45) is 0 Å². The van der Waals surface area contributed by atoms with Gasteiger partial charge in [-0.05, 0) is 117 Å². The zero-order valence-corrected chi connectivity index (χ0v) is 42.7. The van der Waals surface area contributed by atoms with E-state index in [9.17, 15) is 0 Å². The van der Waals surface area contributed by atoms with Crippen LogP contribution in [0.15, 0.2) is 270 Å². The highest BCUT2D eigenvalue weighted by molar-refractivity contribution is 6.11. The van der Waals surface area contributed by atoms with Crippen LogP contribution in [0.1, 0.15) is 36.4 Å². The second kappa shape index (κ2) is 19.4. The molecule has 0 spiro atoms. The molecule has 5 heteroatoms. The number of rotatable bonds is 11. The molecule has 0 saturated carbocycles. The van der Waals surface area contributed by atoms with Crippen LogP contribution in [0.2, 0.25) is 0 Å². The van der Waals surface area contributed by atoms with E-state index >= 15 is 0 Å². The number of allylic oxidation sites excluding steroid dienone is 6. The van der Waals surface area contributed by atoms with E-state index in [1.807, 2.05) is 61.5 Å². The Labute approximate surface area is 447 Å². The topological polar surface area (TPSA) is 65.0 Å². The molecule has 1 aliphatic rings. The second-order valence-corrected chi connectivity index (χ2v) is 19.3. The SMILES string of the molecule is C=C/C(=C\C=C/C)C1(c2ccccc2)c2ccccc2-c2ccc(-c3ccc(-c4ccc5oc(=C/C)/c(=C(\C=C)c6nc(-c7ccc(-c8ccccc8)cc7)nc(-c7cccc8oc9ccccc9c78)n6)c5c4)cc3)cc21. The minimum absolute atomic E-state index is 0.476. The molecule has 1 aliphatic carbocycles. The zero-order valence-electron chi connectivity index (χ0n) is 42.7. The van der Waals surface area contributed by atoms with Crippen molar-refractivity contribution < 1.29 is 8.83 Å². The minimum atomic E-state index is -0.556. The number of benzene rings is 9. The maximum Gasteiger partial charge on any atom is 0.164 e. The molecule has 9 aromatic carbocycles. The fourth-order valence-corrected chi connectivity index (χ4v) is 11.6. The standard InChI is InChI=1S/C72H51N3O2/c1-5-9-23-53(6-2)72(54-24-14-11-15-25-54)61-29-18-16-26-56(61)57-42-40-52(45-62(57)72)49-34-32-48(33-35-49)51-41-43-65-60(44-51)67(63(8-4)76-65)55(7-3)70-73-69(50-38-36-47(37-39-50)46-21-12-10-13-22-46)74-71(75-70)59-28-20-31-66-68(59)58-27-17-19-30-64(58)77-66/h5-45H,2-3H2,1,4H3/b9-5-,53-23+,63-8+,67-55+. The van der Waals surface area contributed by atoms with Crippen LogP contribution in [0, 0.1) is 0 Å². The maximum atomic E-state index is 6.63. The van der Waals surface area contributed by atoms with Crippen LogP contribution in [0.3, 0.4) is 0 Å². The summed E-state index contributed by atoms with van der Waals surface area (Å²) in [6.07, 6.45) is 12.3. The summed E-state index contributed by atoms with van der Waals surface area (Å²) in [4.78, 5) is 15.8. The Hall–Kier alpha value is -9.97. The van der Waals surface area contributed by atoms with Gasteiger partial charge in [0.1, 0.15) is 22.2 Å². The predicted octanol–water partition coefficient (Wildman–Crippen LogP) is 17.0. The number of fused-ring (bicyclic) bond motifs is 7. The van der Waals surface area contributed by atoms with Crippen molar-refractivity contribution in [3.05, 3.63) is 295 Å². The van der Waals surface area contributed by atoms with Gasteiger partial charge in [-0.25, -0.2) is 15.0 Å². The van der Waals surface area contributed by atoms with Gasteiger partial charge in [0.05, 0.1) is 5.41 Å². The molecule has 1 unspecified atom stereocenters. The van der Waals surface area contributed by atoms with Gasteiger partial charge in [0, 0.05) is 38.1 Å². The molecule has 0 aliphatic heterocycles. The molecule has 0 radical (unpaired) electrons. The summed E-state index contributed by atoms with van der Waals surface area (Å²) in [5, 5.41) is 3.71. The van der Waals surface area contributed by atoms with Crippen molar-refractivity contribution in [2.45, 2.75) is 19.3 Å². The Kier molecular flexibility index (Phi) is 11.8. The third kappa shape index (κ3) is 7.82. The van der Waals surface area contributed by atoms with Crippen LogP contribution in [-0.4, -0.2) is 15.0 Å². The first kappa shape index (κ1) is 46.8. The fraction of sp³-hybridized carbons (Fsp3) is 0.0417. The van der Waals surface area contributed by atoms with Crippen molar-refractivity contribution >= 4 is 44.6 Å². The van der Waals surface area contributed by atoms with Crippen LogP contribution < -0.4 is 10.6 Å². The average molecular weight is 990 g/mol. The Balaban J connectivity index is 0.938. The highest BCUT2D eigenvalue weighted by atomic mass is 16.3. The number of para-hydroxylation sites is 1. The van der Waals surface area contributed by atoms with Gasteiger partial charge in [-0.2, -0.15) is 0 Å². The molecular formula is C72H51N3O2. The van der Waals surface area contributed by atoms with Crippen molar-refractivity contribution in [1.29, 1.82) is 0 Å². The molecule has 77 heavy (non-hydrogen) atoms. The number of nitrogens with zero attached hydrogens (tertiary/aromatic N) is 3. The van der Waals surface area contributed by atoms with Crippen LogP contribution in [0.5, 0.6) is 0 Å². The summed E-state index contributed by atoms with van der Waals surface area (Å²) in [5.74, 6) is 1.53. The van der Waals surface area contributed by atoms with Gasteiger partial charge in [0.15, 0.2) is 17.5 Å². The predicted molar refractivity (Wildman–Crippen MR) is 317 cm³/mol. The highest BCUT2D eigenvalue weighted by Crippen LogP contribution is 2.57. The summed E-state index contributed by atoms with van der Waals surface area (Å²) in [6.45, 7) is 12.8. The van der Waals surface area contributed by atoms with Gasteiger partial charge in [0.2, 0.25) is 0 Å². The molecule has 0 saturated heterocycles. The molecule has 0 amide bonds. The van der Waals surface area contributed by atoms with Gasteiger partial charge in [-0.3, -0.25) is 0 Å². The van der Waals surface area contributed by atoms with Crippen molar-refractivity contribution in [1.82, 2.24) is 15.0 Å². The smallest absolute Gasteiger partial charge is 0.164 e. The maximum absolute atomic E-state index is 6.63. The second-order valence-electron chi connectivity index (χ2n) is 19.3. The number of furan rings is 2. The molecule has 0 fully saturated rings. The third-order valence-corrected chi connectivity index (χ3v) is 15.1. The van der Waals surface area contributed by atoms with E-state index in [1.54, 1.807) is 0 Å². The molecule has 13 rings (SSSR count). The number of aromatic nitrogens is 3. The van der Waals surface area contributed by atoms with Gasteiger partial charge in [-0.1, -0.05) is 226 Å². The van der Waals surface area contributed by atoms with E-state index in [2.05, 4.69) is 214 Å². The normalized spacial score (nSPS) is 14.8. The summed E-state index contributed by atoms with van der Waals surface area (Å²) in [5.41, 5.74) is 18.8. The monoisotopic (exact) mass is 989 g/mol. The summed E-state index contributed by atoms with van der Waals surface area (Å²) >= 11 is 0. The lowest BCUT2D eigenvalue weighted by Gasteiger charge is -2.34. The Morgan fingerprint density at radius 3 is 1.78 bits per heavy atom. The van der Waals surface area contributed by atoms with Gasteiger partial charge < -0.3 is 8.83 Å². The third-order valence-electron chi connectivity index (χ3n) is 15.1. The van der Waals surface area contributed by atoms with E-state index in [1.165, 1.54) is 27.8 Å². The molecule has 0 bridgehead atoms. The molecule has 5 nitrogen and oxygen atoms in total. The van der Waals surface area contributed by atoms with E-state index in [0.717, 1.165) is 93.8 Å². The molecular weight excluding hydrogens is 939 g/mol. The average Bonchev–Trinajstić information content (AvgIpc) is 4.17. The largest absolute Gasteiger partial charge is 0.456 e. The van der Waals surface area contributed by atoms with E-state index in [4.69, 9.17) is 23.8 Å². The lowest BCUT2D eigenvalue weighted by atomic mass is 9.66. The van der Waals surface area contributed by atoms with Crippen LogP contribution in [-0.2, 0) is 5.41 Å². The minimum Gasteiger partial charge on any atom is -0.456 e. The van der Waals surface area contributed by atoms with Crippen LogP contribution in [0.25, 0.3) is 112 Å². The Morgan fingerprint density at radius 2 is 1.04 bits per heavy atom. The van der Waals surface area contributed by atoms with Crippen LogP contribution >= 0.6 is 0 Å². The van der Waals surface area contributed by atoms with Gasteiger partial charge in [0.25, 0.3) is 0 Å². The summed E-state index contributed by atoms with van der Waals surface area (Å²) in [7, 11) is 0. The lowest BCUT2D eigenvalue weighted by Crippen LogP contribution is -2.29. The van der Waals surface area contributed by atoms with E-state index in [0.29, 0.717) is 22.9 Å². The number of hydrogen-bond donors (Lipinski definition) is 0. The Bertz CT molecular complexity index is 4480. The number of hydrogen-bond acceptors (Lipinski definition) is 5. The molecule has 12 aromatic rings. The first-order chi connectivity index (χ1) is 38.0. The van der Waals surface area contributed by atoms with E-state index in [-0.39, 0.29) is 0 Å². The van der Waals surface area contributed by atoms with Crippen molar-refractivity contribution in [2.75, 3.05) is 0 Å². The van der Waals surface area contributed by atoms with Crippen molar-refractivity contribution in [3.8, 4) is 67.3 Å². The fourth-order valence-electron chi connectivity index (χ4n) is 11.6. The zero-order chi connectivity index (χ0) is 52.0. The molecule has 3 aromatic heterocycles. The molecule has 0 N–H and O–H groups in total. The quantitative estimate of drug-likeness (QED) is 0.121. The molecule has 366 valence electrons. The van der Waals surface area contributed by atoms with E-state index < -0.39 is 5.41 Å². The first-order valence-electron chi connectivity index (χ1n) is 26.0. The van der Waals surface area contributed by atoms with Gasteiger partial charge >= 0.3 is 0 Å². The summed E-state index contributed by atoms with van der Waals surface area (Å²) < 4.78 is 13.0. The first-order valence-corrected chi connectivity index (χ1v) is 26.0. The van der Waals surface area contributed by atoms with Gasteiger partial charge in [-0.15, -0.1) is 0 Å². The lowest BCUT2D eigenvalue weighted by molar-refractivity contribution is 0.574. The molecule has 1 atom stereocenters. The van der Waals surface area contributed by atoms with Crippen molar-refractivity contribution in [3.63, 3.8) is 0 Å².